The summed E-state index contributed by atoms with van der Waals surface area (Å²) in [5, 5.41) is 4.69. The molecule has 7 nitrogen and oxygen atoms in total. The van der Waals surface area contributed by atoms with Gasteiger partial charge >= 0.3 is 0 Å². The summed E-state index contributed by atoms with van der Waals surface area (Å²) in [6.07, 6.45) is 11.6. The summed E-state index contributed by atoms with van der Waals surface area (Å²) in [7, 11) is 0. The van der Waals surface area contributed by atoms with Gasteiger partial charge in [0.1, 0.15) is 16.9 Å². The van der Waals surface area contributed by atoms with Crippen molar-refractivity contribution in [1.29, 1.82) is 0 Å². The summed E-state index contributed by atoms with van der Waals surface area (Å²) in [5.74, 6) is 1.44. The molecular weight excluding hydrogens is 783 g/mol. The Balaban J connectivity index is 0.995. The number of para-hydroxylation sites is 2. The lowest BCUT2D eigenvalue weighted by molar-refractivity contribution is 1.04. The second kappa shape index (κ2) is 15.0. The summed E-state index contributed by atoms with van der Waals surface area (Å²) in [5.41, 5.74) is 15.2. The average molecular weight is 822 g/mol. The molecule has 7 heteroatoms. The molecule has 6 aromatic carbocycles. The molecule has 12 rings (SSSR count). The number of rotatable bonds is 8. The van der Waals surface area contributed by atoms with E-state index in [1.54, 1.807) is 0 Å². The van der Waals surface area contributed by atoms with Gasteiger partial charge < -0.3 is 9.13 Å². The molecule has 0 aliphatic rings. The van der Waals surface area contributed by atoms with Crippen LogP contribution in [0.5, 0.6) is 0 Å². The van der Waals surface area contributed by atoms with Crippen LogP contribution in [0.4, 0.5) is 0 Å². The topological polar surface area (TPSA) is 66.3 Å². The fourth-order valence-corrected chi connectivity index (χ4v) is 9.33. The molecule has 6 heterocycles. The Hall–Kier alpha value is -8.68. The molecule has 0 fully saturated rings. The fourth-order valence-electron chi connectivity index (χ4n) is 9.33. The smallest absolute Gasteiger partial charge is 0.162 e. The summed E-state index contributed by atoms with van der Waals surface area (Å²) in [6, 6.07) is 60.1. The Kier molecular flexibility index (Phi) is 8.72. The maximum atomic E-state index is 5.21. The maximum absolute atomic E-state index is 5.21. The van der Waals surface area contributed by atoms with E-state index in [9.17, 15) is 0 Å². The highest BCUT2D eigenvalue weighted by atomic mass is 15.1. The number of hydrogen-bond acceptors (Lipinski definition) is 4. The molecule has 0 aliphatic carbocycles. The SMILES string of the molecule is C=C(/C=C\C=C/C)c1cc(-n2c3ccccc3c3cc(-c4ccc5c(c4)c4ccccc4n5-c4cccc(-n5c6cccnc6c6ncccc65)c4)ccc32)nc(-c2ccccc2)n1. The van der Waals surface area contributed by atoms with Gasteiger partial charge in [-0.05, 0) is 102 Å². The minimum Gasteiger partial charge on any atom is -0.309 e. The number of nitrogens with zero attached hydrogens (tertiary/aromatic N) is 7. The van der Waals surface area contributed by atoms with Crippen LogP contribution >= 0.6 is 0 Å². The zero-order chi connectivity index (χ0) is 42.7. The van der Waals surface area contributed by atoms with Gasteiger partial charge in [-0.2, -0.15) is 0 Å². The Morgan fingerprint density at radius 2 is 1.00 bits per heavy atom. The van der Waals surface area contributed by atoms with Crippen molar-refractivity contribution in [1.82, 2.24) is 33.6 Å². The van der Waals surface area contributed by atoms with E-state index in [1.165, 1.54) is 10.8 Å². The number of allylic oxidation sites excluding steroid dienone is 5. The van der Waals surface area contributed by atoms with Crippen LogP contribution in [-0.2, 0) is 0 Å². The van der Waals surface area contributed by atoms with Crippen molar-refractivity contribution in [3.63, 3.8) is 0 Å². The predicted molar refractivity (Wildman–Crippen MR) is 264 cm³/mol. The molecule has 0 bridgehead atoms. The van der Waals surface area contributed by atoms with Crippen molar-refractivity contribution in [3.05, 3.63) is 219 Å². The van der Waals surface area contributed by atoms with Gasteiger partial charge in [-0.25, -0.2) is 9.97 Å². The largest absolute Gasteiger partial charge is 0.309 e. The van der Waals surface area contributed by atoms with E-state index in [0.717, 1.165) is 100 Å². The Bertz CT molecular complexity index is 3830. The highest BCUT2D eigenvalue weighted by molar-refractivity contribution is 6.13. The molecule has 6 aromatic heterocycles. The number of pyridine rings is 2. The first kappa shape index (κ1) is 37.1. The van der Waals surface area contributed by atoms with Crippen LogP contribution in [-0.4, -0.2) is 33.6 Å². The fraction of sp³-hybridized carbons (Fsp3) is 0.0175. The van der Waals surface area contributed by atoms with Crippen molar-refractivity contribution in [2.45, 2.75) is 6.92 Å². The van der Waals surface area contributed by atoms with Gasteiger partial charge in [0.05, 0.1) is 38.8 Å². The van der Waals surface area contributed by atoms with Gasteiger partial charge in [0.2, 0.25) is 0 Å². The van der Waals surface area contributed by atoms with Crippen molar-refractivity contribution >= 4 is 71.3 Å². The summed E-state index contributed by atoms with van der Waals surface area (Å²) in [4.78, 5) is 19.7. The van der Waals surface area contributed by atoms with E-state index in [-0.39, 0.29) is 0 Å². The number of aromatic nitrogens is 7. The lowest BCUT2D eigenvalue weighted by atomic mass is 10.0. The number of benzene rings is 6. The van der Waals surface area contributed by atoms with Crippen LogP contribution in [0.2, 0.25) is 0 Å². The van der Waals surface area contributed by atoms with E-state index in [4.69, 9.17) is 19.9 Å². The molecule has 0 radical (unpaired) electrons. The lowest BCUT2D eigenvalue weighted by Gasteiger charge is -2.13. The van der Waals surface area contributed by atoms with Crippen LogP contribution in [0.1, 0.15) is 12.6 Å². The molecule has 12 aromatic rings. The lowest BCUT2D eigenvalue weighted by Crippen LogP contribution is -2.03. The third-order valence-electron chi connectivity index (χ3n) is 12.2. The van der Waals surface area contributed by atoms with Crippen LogP contribution in [0.25, 0.3) is 111 Å². The van der Waals surface area contributed by atoms with Crippen LogP contribution in [0.15, 0.2) is 213 Å². The second-order valence-electron chi connectivity index (χ2n) is 16.0. The monoisotopic (exact) mass is 821 g/mol. The predicted octanol–water partition coefficient (Wildman–Crippen LogP) is 14.0. The molecule has 0 unspecified atom stereocenters. The normalized spacial score (nSPS) is 12.1. The standard InChI is InChI=1S/C57H39N7/c1-3-4-6-16-37(2)47-36-54(61-57(60-47)38-17-7-5-8-18-38)64-49-24-12-10-22-44(49)46-34-40(28-30-51(46)64)39-27-29-50-45(33-39)43-21-9-11-23-48(43)62(50)41-19-13-20-42(35-41)63-52-25-14-31-58-55(52)56-53(63)26-15-32-59-56/h3-36H,2H2,1H3/b4-3-,16-6-. The molecule has 0 atom stereocenters. The first-order chi connectivity index (χ1) is 31.6. The summed E-state index contributed by atoms with van der Waals surface area (Å²) < 4.78 is 6.90. The molecule has 0 saturated heterocycles. The quantitative estimate of drug-likeness (QED) is 0.143. The van der Waals surface area contributed by atoms with E-state index in [2.05, 4.69) is 142 Å². The van der Waals surface area contributed by atoms with E-state index in [0.29, 0.717) is 5.82 Å². The van der Waals surface area contributed by atoms with Crippen molar-refractivity contribution < 1.29 is 0 Å². The second-order valence-corrected chi connectivity index (χ2v) is 16.0. The molecule has 0 saturated carbocycles. The van der Waals surface area contributed by atoms with Gasteiger partial charge in [-0.3, -0.25) is 14.5 Å². The first-order valence-electron chi connectivity index (χ1n) is 21.4. The van der Waals surface area contributed by atoms with Gasteiger partial charge in [0, 0.05) is 56.9 Å². The number of hydrogen-bond donors (Lipinski definition) is 0. The molecule has 64 heavy (non-hydrogen) atoms. The third kappa shape index (κ3) is 5.97. The van der Waals surface area contributed by atoms with Crippen molar-refractivity contribution in [2.75, 3.05) is 0 Å². The van der Waals surface area contributed by atoms with Crippen molar-refractivity contribution in [2.24, 2.45) is 0 Å². The zero-order valence-electron chi connectivity index (χ0n) is 35.0. The first-order valence-corrected chi connectivity index (χ1v) is 21.4. The molecule has 0 spiro atoms. The van der Waals surface area contributed by atoms with E-state index >= 15 is 0 Å². The highest BCUT2D eigenvalue weighted by Gasteiger charge is 2.20. The van der Waals surface area contributed by atoms with E-state index < -0.39 is 0 Å². The molecule has 302 valence electrons. The van der Waals surface area contributed by atoms with Gasteiger partial charge in [-0.15, -0.1) is 0 Å². The van der Waals surface area contributed by atoms with Gasteiger partial charge in [0.25, 0.3) is 0 Å². The highest BCUT2D eigenvalue weighted by Crippen LogP contribution is 2.39. The number of fused-ring (bicyclic) bond motifs is 9. The molecular formula is C57H39N7. The van der Waals surface area contributed by atoms with Crippen LogP contribution in [0.3, 0.4) is 0 Å². The minimum absolute atomic E-state index is 0.650. The molecule has 0 amide bonds. The Morgan fingerprint density at radius 1 is 0.453 bits per heavy atom. The Morgan fingerprint density at radius 3 is 1.64 bits per heavy atom. The van der Waals surface area contributed by atoms with E-state index in [1.807, 2.05) is 92.2 Å². The minimum atomic E-state index is 0.650. The maximum Gasteiger partial charge on any atom is 0.162 e. The summed E-state index contributed by atoms with van der Waals surface area (Å²) >= 11 is 0. The molecule has 0 aliphatic heterocycles. The van der Waals surface area contributed by atoms with Gasteiger partial charge in [0.15, 0.2) is 5.82 Å². The zero-order valence-corrected chi connectivity index (χ0v) is 35.0. The average Bonchev–Trinajstić information content (AvgIpc) is 3.99. The van der Waals surface area contributed by atoms with Gasteiger partial charge in [-0.1, -0.05) is 116 Å². The van der Waals surface area contributed by atoms with Crippen LogP contribution < -0.4 is 0 Å². The van der Waals surface area contributed by atoms with Crippen molar-refractivity contribution in [3.8, 4) is 39.7 Å². The Labute approximate surface area is 368 Å². The third-order valence-corrected chi connectivity index (χ3v) is 12.2. The summed E-state index contributed by atoms with van der Waals surface area (Å²) in [6.45, 7) is 6.39. The van der Waals surface area contributed by atoms with Crippen LogP contribution in [0, 0.1) is 0 Å². The molecule has 0 N–H and O–H groups in total.